The summed E-state index contributed by atoms with van der Waals surface area (Å²) < 4.78 is 10.7. The summed E-state index contributed by atoms with van der Waals surface area (Å²) in [5, 5.41) is 12.0. The van der Waals surface area contributed by atoms with E-state index in [9.17, 15) is 4.79 Å². The van der Waals surface area contributed by atoms with Crippen LogP contribution in [0.1, 0.15) is 29.1 Å². The summed E-state index contributed by atoms with van der Waals surface area (Å²) in [5.74, 6) is 0.130. The van der Waals surface area contributed by atoms with Crippen molar-refractivity contribution in [1.82, 2.24) is 4.98 Å². The minimum absolute atomic E-state index is 0.0636. The Morgan fingerprint density at radius 3 is 2.86 bits per heavy atom. The van der Waals surface area contributed by atoms with Crippen LogP contribution in [0.4, 0.5) is 5.69 Å². The lowest BCUT2D eigenvalue weighted by atomic mass is 10.3. The van der Waals surface area contributed by atoms with Crippen LogP contribution in [0.3, 0.4) is 0 Å². The molecule has 0 aliphatic rings. The maximum absolute atomic E-state index is 10.7. The van der Waals surface area contributed by atoms with Gasteiger partial charge in [0.1, 0.15) is 11.3 Å². The van der Waals surface area contributed by atoms with Gasteiger partial charge >= 0.3 is 5.97 Å². The average molecular weight is 286 g/mol. The number of aromatic nitrogens is 1. The molecule has 0 fully saturated rings. The summed E-state index contributed by atoms with van der Waals surface area (Å²) in [5.41, 5.74) is 2.41. The molecule has 2 aromatic heterocycles. The standard InChI is InChI=1S/C15H14N2O4/c1-2-14-17-11-7-9(3-5-12(11)21-14)16-8-10-4-6-13(20-10)15(18)19/h3-7,16H,2,8H2,1H3,(H,18,19). The summed E-state index contributed by atoms with van der Waals surface area (Å²) in [6.07, 6.45) is 0.752. The number of aromatic carboxylic acids is 1. The van der Waals surface area contributed by atoms with E-state index >= 15 is 0 Å². The highest BCUT2D eigenvalue weighted by Gasteiger charge is 2.09. The fraction of sp³-hybridized carbons (Fsp3) is 0.200. The number of furan rings is 1. The topological polar surface area (TPSA) is 88.5 Å². The van der Waals surface area contributed by atoms with E-state index < -0.39 is 5.97 Å². The zero-order chi connectivity index (χ0) is 14.8. The third-order valence-electron chi connectivity index (χ3n) is 3.07. The minimum Gasteiger partial charge on any atom is -0.475 e. The smallest absolute Gasteiger partial charge is 0.371 e. The maximum Gasteiger partial charge on any atom is 0.371 e. The second-order valence-electron chi connectivity index (χ2n) is 4.57. The average Bonchev–Trinajstić information content (AvgIpc) is 3.10. The Morgan fingerprint density at radius 1 is 1.29 bits per heavy atom. The highest BCUT2D eigenvalue weighted by atomic mass is 16.4. The molecule has 1 aromatic carbocycles. The van der Waals surface area contributed by atoms with Crippen LogP contribution >= 0.6 is 0 Å². The molecule has 0 aliphatic carbocycles. The van der Waals surface area contributed by atoms with E-state index in [1.54, 1.807) is 6.07 Å². The molecule has 108 valence electrons. The molecule has 0 radical (unpaired) electrons. The van der Waals surface area contributed by atoms with Gasteiger partial charge in [0, 0.05) is 12.1 Å². The molecule has 6 nitrogen and oxygen atoms in total. The Hall–Kier alpha value is -2.76. The number of anilines is 1. The maximum atomic E-state index is 10.7. The molecular formula is C15H14N2O4. The van der Waals surface area contributed by atoms with E-state index in [1.807, 2.05) is 25.1 Å². The number of aryl methyl sites for hydroxylation is 1. The molecule has 6 heteroatoms. The molecule has 0 bridgehead atoms. The van der Waals surface area contributed by atoms with Crippen molar-refractivity contribution < 1.29 is 18.7 Å². The van der Waals surface area contributed by atoms with E-state index in [0.717, 1.165) is 23.2 Å². The molecule has 0 unspecified atom stereocenters. The number of hydrogen-bond donors (Lipinski definition) is 2. The first-order valence-corrected chi connectivity index (χ1v) is 6.61. The fourth-order valence-corrected chi connectivity index (χ4v) is 2.01. The molecule has 0 atom stereocenters. The van der Waals surface area contributed by atoms with Gasteiger partial charge in [-0.25, -0.2) is 9.78 Å². The van der Waals surface area contributed by atoms with Crippen molar-refractivity contribution in [1.29, 1.82) is 0 Å². The lowest BCUT2D eigenvalue weighted by Crippen LogP contribution is -1.98. The largest absolute Gasteiger partial charge is 0.475 e. The van der Waals surface area contributed by atoms with Crippen molar-refractivity contribution in [2.45, 2.75) is 19.9 Å². The van der Waals surface area contributed by atoms with Crippen LogP contribution < -0.4 is 5.32 Å². The van der Waals surface area contributed by atoms with E-state index in [1.165, 1.54) is 6.07 Å². The summed E-state index contributed by atoms with van der Waals surface area (Å²) in [4.78, 5) is 15.1. The number of benzene rings is 1. The summed E-state index contributed by atoms with van der Waals surface area (Å²) in [6, 6.07) is 8.70. The molecule has 0 spiro atoms. The Balaban J connectivity index is 1.73. The van der Waals surface area contributed by atoms with E-state index in [2.05, 4.69) is 10.3 Å². The van der Waals surface area contributed by atoms with Gasteiger partial charge < -0.3 is 19.3 Å². The molecule has 21 heavy (non-hydrogen) atoms. The van der Waals surface area contributed by atoms with E-state index in [4.69, 9.17) is 13.9 Å². The first kappa shape index (κ1) is 13.2. The molecular weight excluding hydrogens is 272 g/mol. The number of nitrogens with one attached hydrogen (secondary N) is 1. The third kappa shape index (κ3) is 2.74. The Labute approximate surface area is 120 Å². The molecule has 3 rings (SSSR count). The second kappa shape index (κ2) is 5.32. The SMILES string of the molecule is CCc1nc2cc(NCc3ccc(C(=O)O)o3)ccc2o1. The van der Waals surface area contributed by atoms with E-state index in [0.29, 0.717) is 18.2 Å². The lowest BCUT2D eigenvalue weighted by Gasteiger charge is -2.03. The van der Waals surface area contributed by atoms with Crippen molar-refractivity contribution in [3.63, 3.8) is 0 Å². The zero-order valence-electron chi connectivity index (χ0n) is 11.4. The van der Waals surface area contributed by atoms with Crippen LogP contribution in [0.2, 0.25) is 0 Å². The zero-order valence-corrected chi connectivity index (χ0v) is 11.4. The van der Waals surface area contributed by atoms with Gasteiger partial charge in [-0.15, -0.1) is 0 Å². The van der Waals surface area contributed by atoms with Crippen molar-refractivity contribution in [2.75, 3.05) is 5.32 Å². The van der Waals surface area contributed by atoms with Gasteiger partial charge in [0.2, 0.25) is 5.76 Å². The Morgan fingerprint density at radius 2 is 2.14 bits per heavy atom. The number of rotatable bonds is 5. The highest BCUT2D eigenvalue weighted by molar-refractivity contribution is 5.84. The van der Waals surface area contributed by atoms with Crippen LogP contribution in [0.15, 0.2) is 39.2 Å². The molecule has 3 aromatic rings. The Kier molecular flexibility index (Phi) is 3.35. The van der Waals surface area contributed by atoms with Crippen LogP contribution in [-0.4, -0.2) is 16.1 Å². The number of carbonyl (C=O) groups is 1. The van der Waals surface area contributed by atoms with Crippen LogP contribution in [-0.2, 0) is 13.0 Å². The molecule has 0 amide bonds. The molecule has 2 heterocycles. The molecule has 0 saturated heterocycles. The van der Waals surface area contributed by atoms with Crippen molar-refractivity contribution in [3.8, 4) is 0 Å². The first-order chi connectivity index (χ1) is 10.2. The van der Waals surface area contributed by atoms with Crippen LogP contribution in [0.25, 0.3) is 11.1 Å². The summed E-state index contributed by atoms with van der Waals surface area (Å²) >= 11 is 0. The number of carboxylic acid groups (broad SMARTS) is 1. The lowest BCUT2D eigenvalue weighted by molar-refractivity contribution is 0.0660. The van der Waals surface area contributed by atoms with Gasteiger partial charge in [-0.3, -0.25) is 0 Å². The quantitative estimate of drug-likeness (QED) is 0.748. The predicted molar refractivity (Wildman–Crippen MR) is 76.4 cm³/mol. The number of oxazole rings is 1. The van der Waals surface area contributed by atoms with E-state index in [-0.39, 0.29) is 5.76 Å². The van der Waals surface area contributed by atoms with Crippen molar-refractivity contribution >= 4 is 22.8 Å². The summed E-state index contributed by atoms with van der Waals surface area (Å²) in [7, 11) is 0. The Bertz CT molecular complexity index is 788. The van der Waals surface area contributed by atoms with Gasteiger partial charge in [0.05, 0.1) is 6.54 Å². The van der Waals surface area contributed by atoms with Gasteiger partial charge in [-0.2, -0.15) is 0 Å². The normalized spacial score (nSPS) is 10.9. The highest BCUT2D eigenvalue weighted by Crippen LogP contribution is 2.21. The second-order valence-corrected chi connectivity index (χ2v) is 4.57. The third-order valence-corrected chi connectivity index (χ3v) is 3.07. The van der Waals surface area contributed by atoms with Crippen molar-refractivity contribution in [3.05, 3.63) is 47.7 Å². The van der Waals surface area contributed by atoms with Gasteiger partial charge in [0.15, 0.2) is 11.5 Å². The summed E-state index contributed by atoms with van der Waals surface area (Å²) in [6.45, 7) is 2.39. The van der Waals surface area contributed by atoms with Gasteiger partial charge in [-0.05, 0) is 30.3 Å². The number of nitrogens with zero attached hydrogens (tertiary/aromatic N) is 1. The van der Waals surface area contributed by atoms with Crippen LogP contribution in [0, 0.1) is 0 Å². The molecule has 0 aliphatic heterocycles. The first-order valence-electron chi connectivity index (χ1n) is 6.61. The fourth-order valence-electron chi connectivity index (χ4n) is 2.01. The molecule has 0 saturated carbocycles. The number of carboxylic acids is 1. The number of fused-ring (bicyclic) bond motifs is 1. The van der Waals surface area contributed by atoms with Gasteiger partial charge in [-0.1, -0.05) is 6.92 Å². The minimum atomic E-state index is -1.07. The molecule has 2 N–H and O–H groups in total. The predicted octanol–water partition coefficient (Wildman–Crippen LogP) is 3.29. The number of hydrogen-bond acceptors (Lipinski definition) is 5. The van der Waals surface area contributed by atoms with Crippen molar-refractivity contribution in [2.24, 2.45) is 0 Å². The monoisotopic (exact) mass is 286 g/mol. The van der Waals surface area contributed by atoms with Gasteiger partial charge in [0.25, 0.3) is 0 Å². The van der Waals surface area contributed by atoms with Crippen LogP contribution in [0.5, 0.6) is 0 Å².